The predicted octanol–water partition coefficient (Wildman–Crippen LogP) is 3.38. The molecule has 3 rings (SSSR count). The molecule has 2 heterocycles. The zero-order chi connectivity index (χ0) is 20.3. The highest BCUT2D eigenvalue weighted by atomic mass is 127. The van der Waals surface area contributed by atoms with Gasteiger partial charge in [-0.05, 0) is 49.1 Å². The van der Waals surface area contributed by atoms with Crippen LogP contribution >= 0.6 is 24.0 Å². The van der Waals surface area contributed by atoms with Crippen molar-refractivity contribution in [2.24, 2.45) is 4.99 Å². The number of unbranched alkanes of at least 4 members (excludes halogenated alkanes) is 1. The Bertz CT molecular complexity index is 797. The van der Waals surface area contributed by atoms with Gasteiger partial charge in [0.25, 0.3) is 0 Å². The largest absolute Gasteiger partial charge is 0.370 e. The molecule has 1 aliphatic rings. The average molecular weight is 522 g/mol. The fourth-order valence-corrected chi connectivity index (χ4v) is 3.26. The number of nitrogens with one attached hydrogen (secondary N) is 3. The van der Waals surface area contributed by atoms with E-state index in [4.69, 9.17) is 0 Å². The van der Waals surface area contributed by atoms with Crippen molar-refractivity contribution in [2.75, 3.05) is 36.9 Å². The fourth-order valence-electron chi connectivity index (χ4n) is 3.26. The van der Waals surface area contributed by atoms with Crippen molar-refractivity contribution in [2.45, 2.75) is 32.2 Å². The molecule has 3 N–H and O–H groups in total. The summed E-state index contributed by atoms with van der Waals surface area (Å²) in [5.41, 5.74) is 2.14. The molecule has 1 aromatic carbocycles. The van der Waals surface area contributed by atoms with Gasteiger partial charge < -0.3 is 20.9 Å². The maximum absolute atomic E-state index is 11.8. The van der Waals surface area contributed by atoms with Crippen molar-refractivity contribution in [3.05, 3.63) is 54.2 Å². The first-order chi connectivity index (χ1) is 14.3. The van der Waals surface area contributed by atoms with E-state index in [0.717, 1.165) is 61.9 Å². The maximum atomic E-state index is 11.8. The highest BCUT2D eigenvalue weighted by Gasteiger charge is 2.21. The van der Waals surface area contributed by atoms with E-state index in [0.29, 0.717) is 13.0 Å². The number of hydrogen-bond acceptors (Lipinski definition) is 4. The molecule has 0 radical (unpaired) electrons. The molecule has 1 aromatic heterocycles. The Morgan fingerprint density at radius 2 is 1.90 bits per heavy atom. The number of aliphatic imine (C=N–C) groups is 1. The molecule has 162 valence electrons. The van der Waals surface area contributed by atoms with Crippen LogP contribution in [0.15, 0.2) is 53.7 Å². The Labute approximate surface area is 195 Å². The number of aromatic nitrogens is 1. The smallest absolute Gasteiger partial charge is 0.227 e. The van der Waals surface area contributed by atoms with Crippen molar-refractivity contribution in [1.82, 2.24) is 15.6 Å². The lowest BCUT2D eigenvalue weighted by atomic mass is 10.2. The number of carbonyl (C=O) groups is 1. The summed E-state index contributed by atoms with van der Waals surface area (Å²) in [6, 6.07) is 14.0. The van der Waals surface area contributed by atoms with Gasteiger partial charge in [0.05, 0.1) is 0 Å². The normalized spacial score (nSPS) is 13.7. The number of nitrogens with zero attached hydrogens (tertiary/aromatic N) is 3. The zero-order valence-electron chi connectivity index (χ0n) is 17.4. The third kappa shape index (κ3) is 7.47. The Hall–Kier alpha value is -2.36. The number of amides is 1. The molecular formula is C22H31IN6O. The number of guanidine groups is 1. The molecule has 8 heteroatoms. The monoisotopic (exact) mass is 522 g/mol. The second kappa shape index (κ2) is 13.0. The van der Waals surface area contributed by atoms with E-state index in [2.05, 4.69) is 38.1 Å². The van der Waals surface area contributed by atoms with Gasteiger partial charge in [-0.2, -0.15) is 0 Å². The van der Waals surface area contributed by atoms with E-state index in [1.807, 2.05) is 35.2 Å². The Kier molecular flexibility index (Phi) is 10.4. The molecule has 1 fully saturated rings. The Morgan fingerprint density at radius 3 is 2.57 bits per heavy atom. The SMILES string of the molecule is CN=C(NCCCCNc1ccccn1)NCc1ccc(N2CCCC2=O)cc1.I. The second-order valence-electron chi connectivity index (χ2n) is 7.02. The summed E-state index contributed by atoms with van der Waals surface area (Å²) >= 11 is 0. The summed E-state index contributed by atoms with van der Waals surface area (Å²) in [5, 5.41) is 9.99. The van der Waals surface area contributed by atoms with Crippen LogP contribution in [-0.2, 0) is 11.3 Å². The van der Waals surface area contributed by atoms with Gasteiger partial charge in [0.1, 0.15) is 5.82 Å². The molecule has 1 aliphatic heterocycles. The fraction of sp³-hybridized carbons (Fsp3) is 0.409. The molecule has 30 heavy (non-hydrogen) atoms. The van der Waals surface area contributed by atoms with Crippen LogP contribution < -0.4 is 20.9 Å². The van der Waals surface area contributed by atoms with Crippen LogP contribution in [-0.4, -0.2) is 43.5 Å². The maximum Gasteiger partial charge on any atom is 0.227 e. The van der Waals surface area contributed by atoms with E-state index < -0.39 is 0 Å². The number of halogens is 1. The average Bonchev–Trinajstić information content (AvgIpc) is 3.19. The number of rotatable bonds is 9. The van der Waals surface area contributed by atoms with Gasteiger partial charge in [-0.3, -0.25) is 9.79 Å². The summed E-state index contributed by atoms with van der Waals surface area (Å²) in [5.74, 6) is 1.93. The van der Waals surface area contributed by atoms with Crippen LogP contribution in [0.25, 0.3) is 0 Å². The lowest BCUT2D eigenvalue weighted by molar-refractivity contribution is -0.117. The summed E-state index contributed by atoms with van der Waals surface area (Å²) in [6.07, 6.45) is 5.49. The lowest BCUT2D eigenvalue weighted by Gasteiger charge is -2.16. The number of pyridine rings is 1. The first-order valence-corrected chi connectivity index (χ1v) is 10.2. The van der Waals surface area contributed by atoms with Crippen molar-refractivity contribution in [1.29, 1.82) is 0 Å². The van der Waals surface area contributed by atoms with Crippen LogP contribution in [0.5, 0.6) is 0 Å². The molecule has 1 saturated heterocycles. The second-order valence-corrected chi connectivity index (χ2v) is 7.02. The predicted molar refractivity (Wildman–Crippen MR) is 134 cm³/mol. The summed E-state index contributed by atoms with van der Waals surface area (Å²) in [4.78, 5) is 22.2. The van der Waals surface area contributed by atoms with Crippen molar-refractivity contribution < 1.29 is 4.79 Å². The standard InChI is InChI=1S/C22H30N6O.HI/c1-23-22(26-15-5-4-14-25-20-7-2-3-13-24-20)27-17-18-9-11-19(12-10-18)28-16-6-8-21(28)29;/h2-3,7,9-13H,4-6,8,14-17H2,1H3,(H,24,25)(H2,23,26,27);1H. The number of benzene rings is 1. The third-order valence-corrected chi connectivity index (χ3v) is 4.87. The highest BCUT2D eigenvalue weighted by Crippen LogP contribution is 2.21. The summed E-state index contributed by atoms with van der Waals surface area (Å²) in [7, 11) is 1.78. The minimum Gasteiger partial charge on any atom is -0.370 e. The molecular weight excluding hydrogens is 491 g/mol. The molecule has 0 spiro atoms. The van der Waals surface area contributed by atoms with Crippen LogP contribution in [0.3, 0.4) is 0 Å². The van der Waals surface area contributed by atoms with Gasteiger partial charge in [-0.25, -0.2) is 4.98 Å². The molecule has 0 saturated carbocycles. The van der Waals surface area contributed by atoms with Gasteiger partial charge in [0.15, 0.2) is 5.96 Å². The molecule has 2 aromatic rings. The summed E-state index contributed by atoms with van der Waals surface area (Å²) in [6.45, 7) is 3.27. The topological polar surface area (TPSA) is 81.7 Å². The minimum absolute atomic E-state index is 0. The van der Waals surface area contributed by atoms with Crippen LogP contribution in [0.4, 0.5) is 11.5 Å². The molecule has 0 unspecified atom stereocenters. The van der Waals surface area contributed by atoms with Crippen LogP contribution in [0.2, 0.25) is 0 Å². The quantitative estimate of drug-likeness (QED) is 0.204. The first-order valence-electron chi connectivity index (χ1n) is 10.2. The Morgan fingerprint density at radius 1 is 1.10 bits per heavy atom. The van der Waals surface area contributed by atoms with E-state index in [9.17, 15) is 4.79 Å². The number of hydrogen-bond donors (Lipinski definition) is 3. The van der Waals surface area contributed by atoms with Crippen LogP contribution in [0, 0.1) is 0 Å². The van der Waals surface area contributed by atoms with Gasteiger partial charge >= 0.3 is 0 Å². The van der Waals surface area contributed by atoms with Gasteiger partial charge in [0, 0.05) is 51.5 Å². The minimum atomic E-state index is 0. The zero-order valence-corrected chi connectivity index (χ0v) is 19.8. The van der Waals surface area contributed by atoms with Crippen molar-refractivity contribution >= 4 is 47.3 Å². The molecule has 7 nitrogen and oxygen atoms in total. The van der Waals surface area contributed by atoms with E-state index >= 15 is 0 Å². The lowest BCUT2D eigenvalue weighted by Crippen LogP contribution is -2.37. The first kappa shape index (κ1) is 23.9. The van der Waals surface area contributed by atoms with Gasteiger partial charge in [-0.15, -0.1) is 24.0 Å². The highest BCUT2D eigenvalue weighted by molar-refractivity contribution is 14.0. The van der Waals surface area contributed by atoms with Crippen molar-refractivity contribution in [3.8, 4) is 0 Å². The van der Waals surface area contributed by atoms with Crippen molar-refractivity contribution in [3.63, 3.8) is 0 Å². The summed E-state index contributed by atoms with van der Waals surface area (Å²) < 4.78 is 0. The van der Waals surface area contributed by atoms with Crippen LogP contribution in [0.1, 0.15) is 31.2 Å². The molecule has 0 aliphatic carbocycles. The third-order valence-electron chi connectivity index (χ3n) is 4.87. The van der Waals surface area contributed by atoms with E-state index in [1.54, 1.807) is 13.2 Å². The molecule has 0 atom stereocenters. The van der Waals surface area contributed by atoms with E-state index in [1.165, 1.54) is 0 Å². The number of carbonyl (C=O) groups excluding carboxylic acids is 1. The van der Waals surface area contributed by atoms with Gasteiger partial charge in [0.2, 0.25) is 5.91 Å². The van der Waals surface area contributed by atoms with Gasteiger partial charge in [-0.1, -0.05) is 18.2 Å². The van der Waals surface area contributed by atoms with E-state index in [-0.39, 0.29) is 29.9 Å². The molecule has 1 amide bonds. The number of anilines is 2. The Balaban J connectivity index is 0.00000320. The molecule has 0 bridgehead atoms.